The number of ether oxygens (including phenoxy) is 2. The monoisotopic (exact) mass is 312 g/mol. The van der Waals surface area contributed by atoms with Gasteiger partial charge in [0.25, 0.3) is 0 Å². The number of amides is 1. The van der Waals surface area contributed by atoms with Crippen molar-refractivity contribution in [2.24, 2.45) is 0 Å². The molecule has 0 atom stereocenters. The highest BCUT2D eigenvalue weighted by Crippen LogP contribution is 2.23. The van der Waals surface area contributed by atoms with Crippen LogP contribution in [0.1, 0.15) is 28.2 Å². The Labute approximate surface area is 126 Å². The van der Waals surface area contributed by atoms with E-state index < -0.39 is 11.9 Å². The Morgan fingerprint density at radius 2 is 2.10 bits per heavy atom. The van der Waals surface area contributed by atoms with Gasteiger partial charge in [-0.2, -0.15) is 0 Å². The van der Waals surface area contributed by atoms with Crippen LogP contribution in [0.5, 0.6) is 0 Å². The van der Waals surface area contributed by atoms with Gasteiger partial charge in [0.2, 0.25) is 5.91 Å². The van der Waals surface area contributed by atoms with Crippen LogP contribution in [-0.4, -0.2) is 36.5 Å². The second-order valence-corrected chi connectivity index (χ2v) is 4.94. The van der Waals surface area contributed by atoms with E-state index in [2.05, 4.69) is 21.6 Å². The molecule has 1 amide bonds. The summed E-state index contributed by atoms with van der Waals surface area (Å²) < 4.78 is 9.35. The van der Waals surface area contributed by atoms with E-state index in [-0.39, 0.29) is 30.5 Å². The molecule has 0 unspecified atom stereocenters. The normalized spacial score (nSPS) is 9.81. The number of hydrogen-bond acceptors (Lipinski definition) is 7. The van der Waals surface area contributed by atoms with Gasteiger partial charge < -0.3 is 14.8 Å². The van der Waals surface area contributed by atoms with E-state index >= 15 is 0 Å². The van der Waals surface area contributed by atoms with E-state index in [1.165, 1.54) is 13.2 Å². The molecule has 0 saturated carbocycles. The summed E-state index contributed by atoms with van der Waals surface area (Å²) in [5, 5.41) is 2.81. The van der Waals surface area contributed by atoms with Crippen LogP contribution in [-0.2, 0) is 19.1 Å². The second-order valence-electron chi connectivity index (χ2n) is 3.94. The zero-order valence-corrected chi connectivity index (χ0v) is 12.6. The van der Waals surface area contributed by atoms with Crippen molar-refractivity contribution in [3.8, 4) is 0 Å². The molecule has 0 aromatic carbocycles. The Kier molecular flexibility index (Phi) is 6.54. The predicted octanol–water partition coefficient (Wildman–Crippen LogP) is 1.69. The molecular formula is C13H16N2O5S. The Morgan fingerprint density at radius 1 is 1.38 bits per heavy atom. The van der Waals surface area contributed by atoms with Gasteiger partial charge in [0.15, 0.2) is 5.13 Å². The number of thiazole rings is 1. The smallest absolute Gasteiger partial charge is 0.350 e. The van der Waals surface area contributed by atoms with Gasteiger partial charge in [-0.25, -0.2) is 9.78 Å². The number of anilines is 1. The first kappa shape index (κ1) is 16.8. The fourth-order valence-electron chi connectivity index (χ4n) is 1.34. The highest BCUT2D eigenvalue weighted by atomic mass is 32.1. The molecule has 7 nitrogen and oxygen atoms in total. The molecule has 0 bridgehead atoms. The lowest BCUT2D eigenvalue weighted by Crippen LogP contribution is -2.13. The van der Waals surface area contributed by atoms with E-state index in [1.54, 1.807) is 6.92 Å². The van der Waals surface area contributed by atoms with Crippen molar-refractivity contribution in [3.05, 3.63) is 23.2 Å². The molecule has 0 aliphatic carbocycles. The van der Waals surface area contributed by atoms with Crippen molar-refractivity contribution in [1.29, 1.82) is 0 Å². The molecule has 0 aliphatic rings. The second kappa shape index (κ2) is 8.15. The van der Waals surface area contributed by atoms with Gasteiger partial charge in [0.1, 0.15) is 11.5 Å². The Morgan fingerprint density at radius 3 is 2.71 bits per heavy atom. The number of nitrogens with one attached hydrogen (secondary N) is 1. The number of carbonyl (C=O) groups excluding carboxylic acids is 3. The van der Waals surface area contributed by atoms with Gasteiger partial charge >= 0.3 is 11.9 Å². The standard InChI is InChI=1S/C13H16N2O5S/c1-4-7-20-12(18)11-8(2)14-13(21-11)15-9(16)5-6-10(17)19-3/h4H,1,5-7H2,2-3H3,(H,14,15,16). The molecule has 0 aliphatic heterocycles. The van der Waals surface area contributed by atoms with Crippen LogP contribution in [0, 0.1) is 6.92 Å². The first-order valence-corrected chi connectivity index (χ1v) is 6.91. The fourth-order valence-corrected chi connectivity index (χ4v) is 2.22. The van der Waals surface area contributed by atoms with Gasteiger partial charge in [-0.15, -0.1) is 0 Å². The van der Waals surface area contributed by atoms with E-state index in [0.29, 0.717) is 10.6 Å². The van der Waals surface area contributed by atoms with Crippen LogP contribution in [0.2, 0.25) is 0 Å². The fraction of sp³-hybridized carbons (Fsp3) is 0.385. The van der Waals surface area contributed by atoms with Gasteiger partial charge in [0, 0.05) is 6.42 Å². The van der Waals surface area contributed by atoms with Crippen molar-refractivity contribution >= 4 is 34.3 Å². The Bertz CT molecular complexity index is 553. The van der Waals surface area contributed by atoms with Gasteiger partial charge in [-0.1, -0.05) is 24.0 Å². The molecule has 1 aromatic rings. The van der Waals surface area contributed by atoms with Gasteiger partial charge in [-0.05, 0) is 6.92 Å². The quantitative estimate of drug-likeness (QED) is 0.608. The Balaban J connectivity index is 2.61. The van der Waals surface area contributed by atoms with Crippen LogP contribution < -0.4 is 5.32 Å². The SMILES string of the molecule is C=CCOC(=O)c1sc(NC(=O)CCC(=O)OC)nc1C. The van der Waals surface area contributed by atoms with E-state index in [9.17, 15) is 14.4 Å². The molecule has 21 heavy (non-hydrogen) atoms. The third-order valence-corrected chi connectivity index (χ3v) is 3.40. The molecule has 1 N–H and O–H groups in total. The largest absolute Gasteiger partial charge is 0.469 e. The number of nitrogens with zero attached hydrogens (tertiary/aromatic N) is 1. The molecule has 0 radical (unpaired) electrons. The lowest BCUT2D eigenvalue weighted by atomic mass is 10.3. The molecule has 0 fully saturated rings. The van der Waals surface area contributed by atoms with E-state index in [0.717, 1.165) is 11.3 Å². The molecule has 0 saturated heterocycles. The summed E-state index contributed by atoms with van der Waals surface area (Å²) in [5.41, 5.74) is 0.470. The molecule has 114 valence electrons. The van der Waals surface area contributed by atoms with Crippen molar-refractivity contribution in [2.45, 2.75) is 19.8 Å². The number of carbonyl (C=O) groups is 3. The van der Waals surface area contributed by atoms with Crippen LogP contribution in [0.15, 0.2) is 12.7 Å². The molecule has 1 aromatic heterocycles. The molecule has 1 rings (SSSR count). The van der Waals surface area contributed by atoms with Crippen LogP contribution in [0.3, 0.4) is 0 Å². The number of rotatable bonds is 7. The number of hydrogen-bond donors (Lipinski definition) is 1. The average Bonchev–Trinajstić information content (AvgIpc) is 2.82. The third kappa shape index (κ3) is 5.35. The zero-order chi connectivity index (χ0) is 15.8. The summed E-state index contributed by atoms with van der Waals surface area (Å²) in [4.78, 5) is 38.6. The summed E-state index contributed by atoms with van der Waals surface area (Å²) in [7, 11) is 1.26. The topological polar surface area (TPSA) is 94.6 Å². The van der Waals surface area contributed by atoms with Gasteiger partial charge in [0.05, 0.1) is 19.2 Å². The predicted molar refractivity (Wildman–Crippen MR) is 77.2 cm³/mol. The maximum atomic E-state index is 11.7. The molecular weight excluding hydrogens is 296 g/mol. The van der Waals surface area contributed by atoms with Gasteiger partial charge in [-0.3, -0.25) is 9.59 Å². The lowest BCUT2D eigenvalue weighted by molar-refractivity contribution is -0.141. The maximum absolute atomic E-state index is 11.7. The first-order valence-electron chi connectivity index (χ1n) is 6.10. The average molecular weight is 312 g/mol. The third-order valence-electron chi connectivity index (χ3n) is 2.34. The van der Waals surface area contributed by atoms with Crippen molar-refractivity contribution in [1.82, 2.24) is 4.98 Å². The zero-order valence-electron chi connectivity index (χ0n) is 11.8. The molecule has 0 spiro atoms. The van der Waals surface area contributed by atoms with Crippen molar-refractivity contribution in [3.63, 3.8) is 0 Å². The summed E-state index contributed by atoms with van der Waals surface area (Å²) in [6.45, 7) is 5.20. The highest BCUT2D eigenvalue weighted by molar-refractivity contribution is 7.17. The van der Waals surface area contributed by atoms with E-state index in [1.807, 2.05) is 0 Å². The summed E-state index contributed by atoms with van der Waals surface area (Å²) in [6, 6.07) is 0. The van der Waals surface area contributed by atoms with E-state index in [4.69, 9.17) is 4.74 Å². The minimum Gasteiger partial charge on any atom is -0.469 e. The summed E-state index contributed by atoms with van der Waals surface area (Å²) in [5.74, 6) is -1.35. The van der Waals surface area contributed by atoms with Crippen molar-refractivity contribution < 1.29 is 23.9 Å². The lowest BCUT2D eigenvalue weighted by Gasteiger charge is -2.00. The van der Waals surface area contributed by atoms with Crippen LogP contribution in [0.25, 0.3) is 0 Å². The number of methoxy groups -OCH3 is 1. The summed E-state index contributed by atoms with van der Waals surface area (Å²) >= 11 is 1.02. The summed E-state index contributed by atoms with van der Waals surface area (Å²) in [6.07, 6.45) is 1.44. The maximum Gasteiger partial charge on any atom is 0.350 e. The minimum absolute atomic E-state index is 0.0124. The minimum atomic E-state index is -0.514. The number of aromatic nitrogens is 1. The van der Waals surface area contributed by atoms with Crippen LogP contribution >= 0.6 is 11.3 Å². The molecule has 1 heterocycles. The first-order chi connectivity index (χ1) is 9.97. The number of esters is 2. The molecule has 8 heteroatoms. The highest BCUT2D eigenvalue weighted by Gasteiger charge is 2.17. The van der Waals surface area contributed by atoms with Crippen LogP contribution in [0.4, 0.5) is 5.13 Å². The van der Waals surface area contributed by atoms with Crippen molar-refractivity contribution in [2.75, 3.05) is 19.0 Å². The Hall–Kier alpha value is -2.22. The number of aryl methyl sites for hydroxylation is 1.